The van der Waals surface area contributed by atoms with Crippen LogP contribution >= 0.6 is 0 Å². The molecule has 0 aliphatic carbocycles. The Hall–Kier alpha value is -1.36. The fourth-order valence-corrected chi connectivity index (χ4v) is 1.77. The molecule has 5 heteroatoms. The lowest BCUT2D eigenvalue weighted by molar-refractivity contribution is 0.418. The maximum Gasteiger partial charge on any atom is 0.331 e. The van der Waals surface area contributed by atoms with E-state index in [-0.39, 0.29) is 17.3 Å². The standard InChI is InChI=1S/C9H13N3O2/c1-6-7-5-8(13)11(2)9(14)12(7)4-3-10-6/h5-6,10H,3-4H2,1-2H3/t6-/m1/s1. The third-order valence-electron chi connectivity index (χ3n) is 2.66. The second kappa shape index (κ2) is 3.09. The molecule has 1 aromatic rings. The van der Waals surface area contributed by atoms with Crippen molar-refractivity contribution in [3.05, 3.63) is 32.6 Å². The average molecular weight is 195 g/mol. The largest absolute Gasteiger partial charge is 0.331 e. The lowest BCUT2D eigenvalue weighted by atomic mass is 10.2. The van der Waals surface area contributed by atoms with Gasteiger partial charge in [-0.1, -0.05) is 0 Å². The maximum absolute atomic E-state index is 11.7. The molecule has 1 aromatic heterocycles. The van der Waals surface area contributed by atoms with Crippen LogP contribution in [0.25, 0.3) is 0 Å². The van der Waals surface area contributed by atoms with Gasteiger partial charge in [0.2, 0.25) is 0 Å². The Bertz CT molecular complexity index is 472. The first-order chi connectivity index (χ1) is 6.61. The molecule has 0 saturated carbocycles. The number of aromatic nitrogens is 2. The van der Waals surface area contributed by atoms with E-state index in [0.717, 1.165) is 16.8 Å². The molecule has 5 nitrogen and oxygen atoms in total. The Morgan fingerprint density at radius 3 is 2.93 bits per heavy atom. The minimum Gasteiger partial charge on any atom is -0.307 e. The van der Waals surface area contributed by atoms with Gasteiger partial charge in [0, 0.05) is 37.9 Å². The van der Waals surface area contributed by atoms with Crippen LogP contribution in [-0.4, -0.2) is 15.7 Å². The second-order valence-corrected chi connectivity index (χ2v) is 3.58. The van der Waals surface area contributed by atoms with E-state index in [4.69, 9.17) is 0 Å². The fraction of sp³-hybridized carbons (Fsp3) is 0.556. The van der Waals surface area contributed by atoms with Gasteiger partial charge in [0.15, 0.2) is 0 Å². The van der Waals surface area contributed by atoms with Crippen molar-refractivity contribution in [2.45, 2.75) is 19.5 Å². The van der Waals surface area contributed by atoms with Crippen molar-refractivity contribution in [1.82, 2.24) is 14.5 Å². The first kappa shape index (κ1) is 9.21. The Morgan fingerprint density at radius 1 is 1.50 bits per heavy atom. The van der Waals surface area contributed by atoms with Crippen LogP contribution in [0.4, 0.5) is 0 Å². The molecule has 1 aliphatic rings. The van der Waals surface area contributed by atoms with Crippen molar-refractivity contribution in [1.29, 1.82) is 0 Å². The van der Waals surface area contributed by atoms with E-state index in [0.29, 0.717) is 6.54 Å². The van der Waals surface area contributed by atoms with Crippen LogP contribution in [0.5, 0.6) is 0 Å². The molecule has 14 heavy (non-hydrogen) atoms. The topological polar surface area (TPSA) is 56.0 Å². The lowest BCUT2D eigenvalue weighted by Crippen LogP contribution is -2.45. The van der Waals surface area contributed by atoms with Crippen LogP contribution in [0.15, 0.2) is 15.7 Å². The summed E-state index contributed by atoms with van der Waals surface area (Å²) in [7, 11) is 1.50. The van der Waals surface area contributed by atoms with E-state index < -0.39 is 0 Å². The number of nitrogens with one attached hydrogen (secondary N) is 1. The summed E-state index contributed by atoms with van der Waals surface area (Å²) in [6.07, 6.45) is 0. The summed E-state index contributed by atoms with van der Waals surface area (Å²) < 4.78 is 2.80. The van der Waals surface area contributed by atoms with Gasteiger partial charge in [0.1, 0.15) is 0 Å². The third-order valence-corrected chi connectivity index (χ3v) is 2.66. The normalized spacial score (nSPS) is 20.6. The van der Waals surface area contributed by atoms with Gasteiger partial charge in [-0.15, -0.1) is 0 Å². The molecule has 0 fully saturated rings. The highest BCUT2D eigenvalue weighted by atomic mass is 16.2. The molecule has 0 bridgehead atoms. The smallest absolute Gasteiger partial charge is 0.307 e. The molecule has 2 heterocycles. The van der Waals surface area contributed by atoms with Crippen molar-refractivity contribution in [3.8, 4) is 0 Å². The zero-order valence-electron chi connectivity index (χ0n) is 8.28. The van der Waals surface area contributed by atoms with Crippen molar-refractivity contribution in [2.75, 3.05) is 6.54 Å². The van der Waals surface area contributed by atoms with Gasteiger partial charge in [-0.25, -0.2) is 4.79 Å². The molecule has 1 aliphatic heterocycles. The highest BCUT2D eigenvalue weighted by Crippen LogP contribution is 2.11. The number of rotatable bonds is 0. The highest BCUT2D eigenvalue weighted by Gasteiger charge is 2.18. The Labute approximate surface area is 81.0 Å². The minimum atomic E-state index is -0.239. The molecule has 0 amide bonds. The van der Waals surface area contributed by atoms with Gasteiger partial charge < -0.3 is 5.32 Å². The van der Waals surface area contributed by atoms with E-state index in [1.165, 1.54) is 13.1 Å². The molecule has 0 saturated heterocycles. The SMILES string of the molecule is C[C@H]1NCCn2c1cc(=O)n(C)c2=O. The first-order valence-electron chi connectivity index (χ1n) is 4.65. The Kier molecular flexibility index (Phi) is 2.03. The van der Waals surface area contributed by atoms with Gasteiger partial charge in [-0.2, -0.15) is 0 Å². The molecule has 1 atom stereocenters. The summed E-state index contributed by atoms with van der Waals surface area (Å²) in [5.74, 6) is 0. The van der Waals surface area contributed by atoms with Crippen molar-refractivity contribution in [3.63, 3.8) is 0 Å². The molecule has 0 spiro atoms. The minimum absolute atomic E-state index is 0.0744. The van der Waals surface area contributed by atoms with Crippen LogP contribution in [-0.2, 0) is 13.6 Å². The van der Waals surface area contributed by atoms with Crippen LogP contribution in [0.1, 0.15) is 18.7 Å². The predicted molar refractivity (Wildman–Crippen MR) is 52.4 cm³/mol. The zero-order chi connectivity index (χ0) is 10.3. The first-order valence-corrected chi connectivity index (χ1v) is 4.65. The van der Waals surface area contributed by atoms with Crippen LogP contribution in [0.3, 0.4) is 0 Å². The number of nitrogens with zero attached hydrogens (tertiary/aromatic N) is 2. The van der Waals surface area contributed by atoms with Gasteiger partial charge >= 0.3 is 5.69 Å². The number of hydrogen-bond acceptors (Lipinski definition) is 3. The maximum atomic E-state index is 11.7. The monoisotopic (exact) mass is 195 g/mol. The summed E-state index contributed by atoms with van der Waals surface area (Å²) in [6, 6.07) is 1.60. The van der Waals surface area contributed by atoms with Gasteiger partial charge in [-0.3, -0.25) is 13.9 Å². The molecule has 76 valence electrons. The molecule has 0 aromatic carbocycles. The van der Waals surface area contributed by atoms with Gasteiger partial charge in [0.25, 0.3) is 5.56 Å². The third kappa shape index (κ3) is 1.21. The number of fused-ring (bicyclic) bond motifs is 1. The zero-order valence-corrected chi connectivity index (χ0v) is 8.28. The average Bonchev–Trinajstić information content (AvgIpc) is 2.17. The van der Waals surface area contributed by atoms with Crippen LogP contribution in [0.2, 0.25) is 0 Å². The lowest BCUT2D eigenvalue weighted by Gasteiger charge is -2.25. The van der Waals surface area contributed by atoms with Gasteiger partial charge in [-0.05, 0) is 6.92 Å². The van der Waals surface area contributed by atoms with E-state index in [1.54, 1.807) is 4.57 Å². The fourth-order valence-electron chi connectivity index (χ4n) is 1.77. The Balaban J connectivity index is 2.76. The summed E-state index contributed by atoms with van der Waals surface area (Å²) in [6.45, 7) is 3.35. The van der Waals surface area contributed by atoms with Crippen LogP contribution in [0, 0.1) is 0 Å². The summed E-state index contributed by atoms with van der Waals surface area (Å²) in [5, 5.41) is 3.20. The quantitative estimate of drug-likeness (QED) is 0.590. The van der Waals surface area contributed by atoms with Gasteiger partial charge in [0.05, 0.1) is 0 Å². The predicted octanol–water partition coefficient (Wildman–Crippen LogP) is -0.789. The molecule has 1 N–H and O–H groups in total. The molecule has 2 rings (SSSR count). The molecular weight excluding hydrogens is 182 g/mol. The van der Waals surface area contributed by atoms with Crippen molar-refractivity contribution in [2.24, 2.45) is 7.05 Å². The van der Waals surface area contributed by atoms with E-state index in [2.05, 4.69) is 5.32 Å². The Morgan fingerprint density at radius 2 is 2.21 bits per heavy atom. The second-order valence-electron chi connectivity index (χ2n) is 3.58. The van der Waals surface area contributed by atoms with E-state index >= 15 is 0 Å². The number of hydrogen-bond donors (Lipinski definition) is 1. The molecule has 0 radical (unpaired) electrons. The molecular formula is C9H13N3O2. The van der Waals surface area contributed by atoms with Crippen LogP contribution < -0.4 is 16.6 Å². The van der Waals surface area contributed by atoms with E-state index in [9.17, 15) is 9.59 Å². The molecule has 0 unspecified atom stereocenters. The summed E-state index contributed by atoms with van der Waals surface area (Å²) in [4.78, 5) is 23.1. The van der Waals surface area contributed by atoms with E-state index in [1.807, 2.05) is 6.92 Å². The summed E-state index contributed by atoms with van der Waals surface area (Å²) >= 11 is 0. The van der Waals surface area contributed by atoms with Crippen molar-refractivity contribution < 1.29 is 0 Å². The highest BCUT2D eigenvalue weighted by molar-refractivity contribution is 5.09. The van der Waals surface area contributed by atoms with Crippen molar-refractivity contribution >= 4 is 0 Å². The summed E-state index contributed by atoms with van der Waals surface area (Å²) in [5.41, 5.74) is 0.321.